The first kappa shape index (κ1) is 13.8. The molecule has 18 heavy (non-hydrogen) atoms. The van der Waals surface area contributed by atoms with E-state index in [1.54, 1.807) is 0 Å². The molecule has 0 aromatic heterocycles. The van der Waals surface area contributed by atoms with Gasteiger partial charge in [-0.3, -0.25) is 4.79 Å². The summed E-state index contributed by atoms with van der Waals surface area (Å²) in [6.45, 7) is 4.99. The molecule has 1 amide bonds. The van der Waals surface area contributed by atoms with Crippen LogP contribution >= 0.6 is 22.6 Å². The van der Waals surface area contributed by atoms with Crippen LogP contribution in [-0.4, -0.2) is 25.5 Å². The Morgan fingerprint density at radius 1 is 1.56 bits per heavy atom. The lowest BCUT2D eigenvalue weighted by Crippen LogP contribution is -2.27. The lowest BCUT2D eigenvalue weighted by molar-refractivity contribution is 0.0951. The van der Waals surface area contributed by atoms with Crippen LogP contribution in [0.15, 0.2) is 18.2 Å². The van der Waals surface area contributed by atoms with Gasteiger partial charge >= 0.3 is 0 Å². The van der Waals surface area contributed by atoms with E-state index in [0.29, 0.717) is 0 Å². The molecule has 0 aliphatic carbocycles. The van der Waals surface area contributed by atoms with Gasteiger partial charge in [0.15, 0.2) is 0 Å². The molecule has 2 rings (SSSR count). The fourth-order valence-corrected chi connectivity index (χ4v) is 2.80. The van der Waals surface area contributed by atoms with E-state index in [1.807, 2.05) is 25.1 Å². The molecular weight excluding hydrogens is 339 g/mol. The summed E-state index contributed by atoms with van der Waals surface area (Å²) < 4.78 is 1.14. The standard InChI is InChI=1S/C14H19IN2O/c1-10-12(3-2-4-13(10)15)14(18)17-8-6-11-5-7-16-9-11/h2-4,11,16H,5-9H2,1H3,(H,17,18). The van der Waals surface area contributed by atoms with Gasteiger partial charge in [0.1, 0.15) is 0 Å². The number of halogens is 1. The Morgan fingerprint density at radius 2 is 2.39 bits per heavy atom. The van der Waals surface area contributed by atoms with Crippen molar-refractivity contribution < 1.29 is 4.79 Å². The first-order valence-electron chi connectivity index (χ1n) is 6.42. The normalized spacial score (nSPS) is 18.9. The summed E-state index contributed by atoms with van der Waals surface area (Å²) in [6, 6.07) is 5.85. The van der Waals surface area contributed by atoms with E-state index in [-0.39, 0.29) is 5.91 Å². The minimum absolute atomic E-state index is 0.0528. The number of hydrogen-bond acceptors (Lipinski definition) is 2. The number of benzene rings is 1. The van der Waals surface area contributed by atoms with Crippen LogP contribution in [-0.2, 0) is 0 Å². The van der Waals surface area contributed by atoms with Gasteiger partial charge in [0.2, 0.25) is 0 Å². The van der Waals surface area contributed by atoms with Crippen LogP contribution in [0.5, 0.6) is 0 Å². The van der Waals surface area contributed by atoms with Gasteiger partial charge in [-0.1, -0.05) is 6.07 Å². The molecule has 1 unspecified atom stereocenters. The van der Waals surface area contributed by atoms with Gasteiger partial charge in [-0.2, -0.15) is 0 Å². The fraction of sp³-hybridized carbons (Fsp3) is 0.500. The summed E-state index contributed by atoms with van der Waals surface area (Å²) in [7, 11) is 0. The fourth-order valence-electron chi connectivity index (χ4n) is 2.30. The molecule has 2 N–H and O–H groups in total. The molecule has 0 saturated carbocycles. The maximum Gasteiger partial charge on any atom is 0.251 e. The topological polar surface area (TPSA) is 41.1 Å². The molecule has 1 heterocycles. The third-order valence-corrected chi connectivity index (χ3v) is 4.68. The van der Waals surface area contributed by atoms with Crippen LogP contribution in [0.4, 0.5) is 0 Å². The Bertz CT molecular complexity index is 428. The summed E-state index contributed by atoms with van der Waals surface area (Å²) in [5, 5.41) is 6.37. The van der Waals surface area contributed by atoms with Crippen LogP contribution in [0.25, 0.3) is 0 Å². The van der Waals surface area contributed by atoms with Crippen LogP contribution in [0.1, 0.15) is 28.8 Å². The van der Waals surface area contributed by atoms with Crippen molar-refractivity contribution in [1.29, 1.82) is 0 Å². The number of nitrogens with one attached hydrogen (secondary N) is 2. The zero-order valence-electron chi connectivity index (χ0n) is 10.6. The quantitative estimate of drug-likeness (QED) is 0.812. The molecule has 4 heteroatoms. The SMILES string of the molecule is Cc1c(I)cccc1C(=O)NCCC1CCNC1. The highest BCUT2D eigenvalue weighted by molar-refractivity contribution is 14.1. The minimum atomic E-state index is 0.0528. The number of carbonyl (C=O) groups excluding carboxylic acids is 1. The van der Waals surface area contributed by atoms with Crippen LogP contribution < -0.4 is 10.6 Å². The van der Waals surface area contributed by atoms with Crippen molar-refractivity contribution in [2.45, 2.75) is 19.8 Å². The van der Waals surface area contributed by atoms with Crippen LogP contribution in [0, 0.1) is 16.4 Å². The van der Waals surface area contributed by atoms with Crippen molar-refractivity contribution in [3.8, 4) is 0 Å². The lowest BCUT2D eigenvalue weighted by Gasteiger charge is -2.11. The highest BCUT2D eigenvalue weighted by atomic mass is 127. The molecule has 1 saturated heterocycles. The molecule has 0 radical (unpaired) electrons. The number of hydrogen-bond donors (Lipinski definition) is 2. The number of rotatable bonds is 4. The molecule has 1 atom stereocenters. The van der Waals surface area contributed by atoms with Gasteiger partial charge in [0.05, 0.1) is 0 Å². The second-order valence-electron chi connectivity index (χ2n) is 4.82. The number of carbonyl (C=O) groups is 1. The lowest BCUT2D eigenvalue weighted by atomic mass is 10.0. The van der Waals surface area contributed by atoms with Crippen LogP contribution in [0.2, 0.25) is 0 Å². The second kappa shape index (κ2) is 6.52. The summed E-state index contributed by atoms with van der Waals surface area (Å²) >= 11 is 2.26. The maximum atomic E-state index is 12.1. The molecular formula is C14H19IN2O. The van der Waals surface area contributed by atoms with Gasteiger partial charge < -0.3 is 10.6 Å². The molecule has 1 aromatic rings. The average molecular weight is 358 g/mol. The summed E-state index contributed by atoms with van der Waals surface area (Å²) in [5.74, 6) is 0.777. The van der Waals surface area contributed by atoms with Crippen molar-refractivity contribution in [3.63, 3.8) is 0 Å². The van der Waals surface area contributed by atoms with Gasteiger partial charge in [-0.25, -0.2) is 0 Å². The zero-order chi connectivity index (χ0) is 13.0. The molecule has 3 nitrogen and oxygen atoms in total. The van der Waals surface area contributed by atoms with Crippen molar-refractivity contribution >= 4 is 28.5 Å². The maximum absolute atomic E-state index is 12.1. The zero-order valence-corrected chi connectivity index (χ0v) is 12.8. The smallest absolute Gasteiger partial charge is 0.251 e. The van der Waals surface area contributed by atoms with Gasteiger partial charge in [0, 0.05) is 15.7 Å². The van der Waals surface area contributed by atoms with Crippen molar-refractivity contribution in [3.05, 3.63) is 32.9 Å². The largest absolute Gasteiger partial charge is 0.352 e. The third kappa shape index (κ3) is 3.45. The van der Waals surface area contributed by atoms with E-state index in [9.17, 15) is 4.79 Å². The summed E-state index contributed by atoms with van der Waals surface area (Å²) in [5.41, 5.74) is 1.87. The van der Waals surface area contributed by atoms with Crippen molar-refractivity contribution in [2.24, 2.45) is 5.92 Å². The molecule has 1 fully saturated rings. The Balaban J connectivity index is 1.85. The van der Waals surface area contributed by atoms with E-state index in [1.165, 1.54) is 6.42 Å². The Kier molecular flexibility index (Phi) is 5.00. The second-order valence-corrected chi connectivity index (χ2v) is 5.98. The average Bonchev–Trinajstić information content (AvgIpc) is 2.85. The van der Waals surface area contributed by atoms with Gasteiger partial charge in [-0.15, -0.1) is 0 Å². The highest BCUT2D eigenvalue weighted by Crippen LogP contribution is 2.16. The third-order valence-electron chi connectivity index (χ3n) is 3.51. The molecule has 1 aromatic carbocycles. The Morgan fingerprint density at radius 3 is 3.11 bits per heavy atom. The van der Waals surface area contributed by atoms with Gasteiger partial charge in [-0.05, 0) is 79.1 Å². The van der Waals surface area contributed by atoms with E-state index >= 15 is 0 Å². The monoisotopic (exact) mass is 358 g/mol. The van der Waals surface area contributed by atoms with E-state index in [4.69, 9.17) is 0 Å². The minimum Gasteiger partial charge on any atom is -0.352 e. The molecule has 1 aliphatic rings. The van der Waals surface area contributed by atoms with E-state index in [2.05, 4.69) is 33.2 Å². The predicted molar refractivity (Wildman–Crippen MR) is 81.8 cm³/mol. The molecule has 98 valence electrons. The van der Waals surface area contributed by atoms with Crippen LogP contribution in [0.3, 0.4) is 0 Å². The first-order valence-corrected chi connectivity index (χ1v) is 7.50. The van der Waals surface area contributed by atoms with Gasteiger partial charge in [0.25, 0.3) is 5.91 Å². The Labute approximate surface area is 122 Å². The number of amides is 1. The molecule has 0 spiro atoms. The highest BCUT2D eigenvalue weighted by Gasteiger charge is 2.15. The molecule has 1 aliphatic heterocycles. The predicted octanol–water partition coefficient (Wildman–Crippen LogP) is 2.33. The molecule has 0 bridgehead atoms. The summed E-state index contributed by atoms with van der Waals surface area (Å²) in [6.07, 6.45) is 2.31. The Hall–Kier alpha value is -0.620. The van der Waals surface area contributed by atoms with Crippen molar-refractivity contribution in [2.75, 3.05) is 19.6 Å². The van der Waals surface area contributed by atoms with E-state index in [0.717, 1.165) is 46.7 Å². The van der Waals surface area contributed by atoms with E-state index < -0.39 is 0 Å². The van der Waals surface area contributed by atoms with Crippen molar-refractivity contribution in [1.82, 2.24) is 10.6 Å². The summed E-state index contributed by atoms with van der Waals surface area (Å²) in [4.78, 5) is 12.1. The first-order chi connectivity index (χ1) is 8.68.